The molecule has 0 aromatic heterocycles. The van der Waals surface area contributed by atoms with Crippen molar-refractivity contribution in [2.24, 2.45) is 5.92 Å². The minimum Gasteiger partial charge on any atom is -0.391 e. The minimum absolute atomic E-state index is 0.0260. The third-order valence-corrected chi connectivity index (χ3v) is 4.57. The number of carbonyl (C=O) groups excluding carboxylic acids is 1. The van der Waals surface area contributed by atoms with Crippen LogP contribution in [0.5, 0.6) is 0 Å². The Morgan fingerprint density at radius 2 is 2.00 bits per heavy atom. The van der Waals surface area contributed by atoms with E-state index in [0.29, 0.717) is 12.5 Å². The Kier molecular flexibility index (Phi) is 3.79. The van der Waals surface area contributed by atoms with Crippen LogP contribution in [0.3, 0.4) is 0 Å². The third kappa shape index (κ3) is 2.88. The van der Waals surface area contributed by atoms with Gasteiger partial charge in [-0.25, -0.2) is 0 Å². The Bertz CT molecular complexity index is 508. The second-order valence-corrected chi connectivity index (χ2v) is 6.28. The van der Waals surface area contributed by atoms with Crippen LogP contribution in [-0.4, -0.2) is 35.6 Å². The van der Waals surface area contributed by atoms with E-state index in [0.717, 1.165) is 31.2 Å². The van der Waals surface area contributed by atoms with Crippen molar-refractivity contribution < 1.29 is 9.90 Å². The zero-order chi connectivity index (χ0) is 14.1. The molecule has 1 aromatic rings. The molecule has 1 atom stereocenters. The number of nitrogens with zero attached hydrogens (tertiary/aromatic N) is 1. The van der Waals surface area contributed by atoms with E-state index in [9.17, 15) is 9.90 Å². The molecule has 3 rings (SSSR count). The Balaban J connectivity index is 1.69. The van der Waals surface area contributed by atoms with E-state index in [1.807, 2.05) is 6.07 Å². The van der Waals surface area contributed by atoms with Crippen molar-refractivity contribution in [1.29, 1.82) is 0 Å². The van der Waals surface area contributed by atoms with Gasteiger partial charge in [-0.3, -0.25) is 4.79 Å². The number of amides is 1. The van der Waals surface area contributed by atoms with Crippen LogP contribution in [0.1, 0.15) is 47.2 Å². The van der Waals surface area contributed by atoms with Crippen molar-refractivity contribution in [3.63, 3.8) is 0 Å². The molecule has 0 heterocycles. The summed E-state index contributed by atoms with van der Waals surface area (Å²) in [6.07, 6.45) is 6.55. The van der Waals surface area contributed by atoms with E-state index >= 15 is 0 Å². The van der Waals surface area contributed by atoms with Crippen molar-refractivity contribution >= 4 is 5.91 Å². The Hall–Kier alpha value is -1.35. The fourth-order valence-electron chi connectivity index (χ4n) is 3.08. The number of aryl methyl sites for hydroxylation is 2. The second-order valence-electron chi connectivity index (χ2n) is 6.28. The predicted octanol–water partition coefficient (Wildman–Crippen LogP) is 2.41. The van der Waals surface area contributed by atoms with Gasteiger partial charge >= 0.3 is 0 Å². The van der Waals surface area contributed by atoms with Crippen LogP contribution in [0.2, 0.25) is 0 Å². The first kappa shape index (κ1) is 13.6. The molecule has 0 aliphatic heterocycles. The largest absolute Gasteiger partial charge is 0.391 e. The SMILES string of the molecule is CN(CC(O)C1CC1)C(=O)c1ccc2c(c1)CCCC2. The van der Waals surface area contributed by atoms with E-state index in [2.05, 4.69) is 12.1 Å². The van der Waals surface area contributed by atoms with Crippen LogP contribution in [0, 0.1) is 5.92 Å². The molecule has 20 heavy (non-hydrogen) atoms. The number of hydrogen-bond acceptors (Lipinski definition) is 2. The molecular formula is C17H23NO2. The summed E-state index contributed by atoms with van der Waals surface area (Å²) >= 11 is 0. The van der Waals surface area contributed by atoms with Crippen molar-refractivity contribution in [3.8, 4) is 0 Å². The minimum atomic E-state index is -0.360. The lowest BCUT2D eigenvalue weighted by molar-refractivity contribution is 0.0645. The molecule has 1 unspecified atom stereocenters. The van der Waals surface area contributed by atoms with Crippen LogP contribution in [0.25, 0.3) is 0 Å². The maximum absolute atomic E-state index is 12.4. The average molecular weight is 273 g/mol. The van der Waals surface area contributed by atoms with Crippen molar-refractivity contribution in [2.45, 2.75) is 44.6 Å². The Labute approximate surface area is 120 Å². The molecule has 1 N–H and O–H groups in total. The summed E-state index contributed by atoms with van der Waals surface area (Å²) < 4.78 is 0. The first-order chi connectivity index (χ1) is 9.65. The van der Waals surface area contributed by atoms with Crippen molar-refractivity contribution in [3.05, 3.63) is 34.9 Å². The molecule has 1 amide bonds. The molecule has 1 fully saturated rings. The van der Waals surface area contributed by atoms with Gasteiger partial charge in [0.25, 0.3) is 5.91 Å². The first-order valence-electron chi connectivity index (χ1n) is 7.70. The molecule has 0 saturated heterocycles. The summed E-state index contributed by atoms with van der Waals surface area (Å²) in [4.78, 5) is 14.1. The number of carbonyl (C=O) groups is 1. The Morgan fingerprint density at radius 1 is 1.30 bits per heavy atom. The second kappa shape index (κ2) is 5.57. The van der Waals surface area contributed by atoms with E-state index in [1.54, 1.807) is 11.9 Å². The van der Waals surface area contributed by atoms with Crippen molar-refractivity contribution in [2.75, 3.05) is 13.6 Å². The number of likely N-dealkylation sites (N-methyl/N-ethyl adjacent to an activating group) is 1. The number of aliphatic hydroxyl groups is 1. The van der Waals surface area contributed by atoms with E-state index in [-0.39, 0.29) is 12.0 Å². The molecule has 3 nitrogen and oxygen atoms in total. The zero-order valence-corrected chi connectivity index (χ0v) is 12.1. The molecule has 2 aliphatic rings. The quantitative estimate of drug-likeness (QED) is 0.915. The summed E-state index contributed by atoms with van der Waals surface area (Å²) in [5.41, 5.74) is 3.49. The molecule has 3 heteroatoms. The van der Waals surface area contributed by atoms with Gasteiger partial charge in [-0.05, 0) is 67.7 Å². The fraction of sp³-hybridized carbons (Fsp3) is 0.588. The normalized spacial score (nSPS) is 19.3. The molecule has 0 bridgehead atoms. The highest BCUT2D eigenvalue weighted by Gasteiger charge is 2.31. The fourth-order valence-corrected chi connectivity index (χ4v) is 3.08. The van der Waals surface area contributed by atoms with Crippen LogP contribution < -0.4 is 0 Å². The first-order valence-corrected chi connectivity index (χ1v) is 7.70. The summed E-state index contributed by atoms with van der Waals surface area (Å²) in [5.74, 6) is 0.437. The maximum Gasteiger partial charge on any atom is 0.253 e. The molecule has 2 aliphatic carbocycles. The van der Waals surface area contributed by atoms with Crippen LogP contribution >= 0.6 is 0 Å². The van der Waals surface area contributed by atoms with Crippen molar-refractivity contribution in [1.82, 2.24) is 4.90 Å². The standard InChI is InChI=1S/C17H23NO2/c1-18(11-16(19)13-7-8-13)17(20)15-9-6-12-4-2-3-5-14(12)10-15/h6,9-10,13,16,19H,2-5,7-8,11H2,1H3. The van der Waals surface area contributed by atoms with Gasteiger partial charge in [0.2, 0.25) is 0 Å². The van der Waals surface area contributed by atoms with Gasteiger partial charge < -0.3 is 10.0 Å². The molecule has 1 saturated carbocycles. The summed E-state index contributed by atoms with van der Waals surface area (Å²) in [7, 11) is 1.79. The van der Waals surface area contributed by atoms with Gasteiger partial charge in [0.15, 0.2) is 0 Å². The van der Waals surface area contributed by atoms with Crippen LogP contribution in [0.15, 0.2) is 18.2 Å². The lowest BCUT2D eigenvalue weighted by Crippen LogP contribution is -2.35. The lowest BCUT2D eigenvalue weighted by atomic mass is 9.90. The van der Waals surface area contributed by atoms with E-state index < -0.39 is 0 Å². The molecule has 108 valence electrons. The summed E-state index contributed by atoms with van der Waals surface area (Å²) in [6.45, 7) is 0.445. The van der Waals surface area contributed by atoms with Gasteiger partial charge in [-0.15, -0.1) is 0 Å². The van der Waals surface area contributed by atoms with Gasteiger partial charge in [0, 0.05) is 19.2 Å². The number of benzene rings is 1. The zero-order valence-electron chi connectivity index (χ0n) is 12.1. The van der Waals surface area contributed by atoms with Gasteiger partial charge in [-0.2, -0.15) is 0 Å². The highest BCUT2D eigenvalue weighted by atomic mass is 16.3. The highest BCUT2D eigenvalue weighted by Crippen LogP contribution is 2.32. The maximum atomic E-state index is 12.4. The number of aliphatic hydroxyl groups excluding tert-OH is 1. The number of fused-ring (bicyclic) bond motifs is 1. The molecule has 1 aromatic carbocycles. The summed E-state index contributed by atoms with van der Waals surface area (Å²) in [5, 5.41) is 9.95. The number of hydrogen-bond donors (Lipinski definition) is 1. The Morgan fingerprint density at radius 3 is 2.70 bits per heavy atom. The molecular weight excluding hydrogens is 250 g/mol. The van der Waals surface area contributed by atoms with Gasteiger partial charge in [0.1, 0.15) is 0 Å². The average Bonchev–Trinajstić information content (AvgIpc) is 3.30. The topological polar surface area (TPSA) is 40.5 Å². The van der Waals surface area contributed by atoms with Crippen LogP contribution in [-0.2, 0) is 12.8 Å². The van der Waals surface area contributed by atoms with Gasteiger partial charge in [-0.1, -0.05) is 6.07 Å². The lowest BCUT2D eigenvalue weighted by Gasteiger charge is -2.22. The van der Waals surface area contributed by atoms with Gasteiger partial charge in [0.05, 0.1) is 6.10 Å². The van der Waals surface area contributed by atoms with E-state index in [4.69, 9.17) is 0 Å². The molecule has 0 radical (unpaired) electrons. The smallest absolute Gasteiger partial charge is 0.253 e. The van der Waals surface area contributed by atoms with E-state index in [1.165, 1.54) is 24.0 Å². The highest BCUT2D eigenvalue weighted by molar-refractivity contribution is 5.94. The number of rotatable bonds is 4. The monoisotopic (exact) mass is 273 g/mol. The summed E-state index contributed by atoms with van der Waals surface area (Å²) in [6, 6.07) is 6.09. The third-order valence-electron chi connectivity index (χ3n) is 4.57. The van der Waals surface area contributed by atoms with Crippen LogP contribution in [0.4, 0.5) is 0 Å². The predicted molar refractivity (Wildman–Crippen MR) is 78.8 cm³/mol. The molecule has 0 spiro atoms.